The van der Waals surface area contributed by atoms with Crippen molar-refractivity contribution in [3.05, 3.63) is 64.6 Å². The van der Waals surface area contributed by atoms with E-state index < -0.39 is 10.0 Å². The molecule has 2 rings (SSSR count). The molecule has 1 atom stereocenters. The first-order valence-electron chi connectivity index (χ1n) is 8.02. The number of benzene rings is 2. The minimum atomic E-state index is -3.58. The van der Waals surface area contributed by atoms with E-state index in [0.717, 1.165) is 16.5 Å². The molecular weight excluding hydrogens is 404 g/mol. The summed E-state index contributed by atoms with van der Waals surface area (Å²) in [7, 11) is -3.58. The zero-order valence-corrected chi connectivity index (χ0v) is 16.3. The van der Waals surface area contributed by atoms with Crippen LogP contribution in [0.4, 0.5) is 0 Å². The molecule has 0 bridgehead atoms. The molecular formula is C18H21BrN2O3S. The van der Waals surface area contributed by atoms with Gasteiger partial charge in [-0.1, -0.05) is 53.2 Å². The van der Waals surface area contributed by atoms with Crippen molar-refractivity contribution >= 4 is 31.9 Å². The highest BCUT2D eigenvalue weighted by molar-refractivity contribution is 9.10. The monoisotopic (exact) mass is 424 g/mol. The van der Waals surface area contributed by atoms with Crippen molar-refractivity contribution in [2.45, 2.75) is 30.7 Å². The standard InChI is InChI=1S/C18H21BrN2O3S/c1-2-17(14-8-10-15(19)11-9-14)21-18(22)12-13-20-25(23,24)16-6-4-3-5-7-16/h3-11,17,20H,2,12-13H2,1H3,(H,21,22). The van der Waals surface area contributed by atoms with Crippen molar-refractivity contribution in [3.63, 3.8) is 0 Å². The molecule has 1 amide bonds. The van der Waals surface area contributed by atoms with Crippen LogP contribution in [0.2, 0.25) is 0 Å². The summed E-state index contributed by atoms with van der Waals surface area (Å²) in [5.74, 6) is -0.189. The van der Waals surface area contributed by atoms with E-state index in [9.17, 15) is 13.2 Å². The lowest BCUT2D eigenvalue weighted by Crippen LogP contribution is -2.32. The first-order valence-corrected chi connectivity index (χ1v) is 10.3. The molecule has 0 heterocycles. The Morgan fingerprint density at radius 2 is 1.72 bits per heavy atom. The van der Waals surface area contributed by atoms with Gasteiger partial charge in [-0.3, -0.25) is 4.79 Å². The third kappa shape index (κ3) is 5.95. The average molecular weight is 425 g/mol. The maximum absolute atomic E-state index is 12.1. The highest BCUT2D eigenvalue weighted by Crippen LogP contribution is 2.19. The van der Waals surface area contributed by atoms with E-state index in [1.807, 2.05) is 31.2 Å². The highest BCUT2D eigenvalue weighted by atomic mass is 79.9. The van der Waals surface area contributed by atoms with Crippen molar-refractivity contribution in [2.24, 2.45) is 0 Å². The fraction of sp³-hybridized carbons (Fsp3) is 0.278. The van der Waals surface area contributed by atoms with Gasteiger partial charge in [0.15, 0.2) is 0 Å². The van der Waals surface area contributed by atoms with Crippen LogP contribution in [-0.2, 0) is 14.8 Å². The minimum absolute atomic E-state index is 0.0554. The number of carbonyl (C=O) groups is 1. The molecule has 0 spiro atoms. The molecule has 2 aromatic carbocycles. The lowest BCUT2D eigenvalue weighted by molar-refractivity contribution is -0.121. The Kier molecular flexibility index (Phi) is 7.16. The van der Waals surface area contributed by atoms with Crippen LogP contribution in [0.15, 0.2) is 64.0 Å². The van der Waals surface area contributed by atoms with Gasteiger partial charge in [-0.2, -0.15) is 0 Å². The van der Waals surface area contributed by atoms with Crippen LogP contribution >= 0.6 is 15.9 Å². The summed E-state index contributed by atoms with van der Waals surface area (Å²) in [5, 5.41) is 2.94. The first kappa shape index (κ1) is 19.6. The van der Waals surface area contributed by atoms with E-state index in [1.165, 1.54) is 12.1 Å². The number of carbonyl (C=O) groups excluding carboxylic acids is 1. The van der Waals surface area contributed by atoms with Gasteiger partial charge in [-0.15, -0.1) is 0 Å². The number of hydrogen-bond donors (Lipinski definition) is 2. The second kappa shape index (κ2) is 9.12. The van der Waals surface area contributed by atoms with E-state index in [1.54, 1.807) is 18.2 Å². The minimum Gasteiger partial charge on any atom is -0.349 e. The Hall–Kier alpha value is -1.70. The first-order chi connectivity index (χ1) is 11.9. The Morgan fingerprint density at radius 3 is 2.32 bits per heavy atom. The van der Waals surface area contributed by atoms with Crippen molar-refractivity contribution in [3.8, 4) is 0 Å². The summed E-state index contributed by atoms with van der Waals surface area (Å²) in [4.78, 5) is 12.3. The highest BCUT2D eigenvalue weighted by Gasteiger charge is 2.15. The molecule has 134 valence electrons. The normalized spacial score (nSPS) is 12.6. The van der Waals surface area contributed by atoms with Crippen LogP contribution in [0, 0.1) is 0 Å². The molecule has 0 aliphatic carbocycles. The molecule has 0 fully saturated rings. The molecule has 0 radical (unpaired) electrons. The molecule has 0 saturated carbocycles. The van der Waals surface area contributed by atoms with Gasteiger partial charge in [0.25, 0.3) is 0 Å². The second-order valence-electron chi connectivity index (χ2n) is 5.54. The smallest absolute Gasteiger partial charge is 0.240 e. The summed E-state index contributed by atoms with van der Waals surface area (Å²) in [5.41, 5.74) is 1.02. The van der Waals surface area contributed by atoms with Crippen LogP contribution in [-0.4, -0.2) is 20.9 Å². The Bertz CT molecular complexity index is 793. The van der Waals surface area contributed by atoms with E-state index in [0.29, 0.717) is 0 Å². The van der Waals surface area contributed by atoms with E-state index >= 15 is 0 Å². The van der Waals surface area contributed by atoms with Crippen LogP contribution in [0.5, 0.6) is 0 Å². The fourth-order valence-electron chi connectivity index (χ4n) is 2.36. The second-order valence-corrected chi connectivity index (χ2v) is 8.22. The SMILES string of the molecule is CCC(NC(=O)CCNS(=O)(=O)c1ccccc1)c1ccc(Br)cc1. The number of hydrogen-bond acceptors (Lipinski definition) is 3. The van der Waals surface area contributed by atoms with Gasteiger partial charge in [0, 0.05) is 17.4 Å². The molecule has 5 nitrogen and oxygen atoms in total. The van der Waals surface area contributed by atoms with Crippen LogP contribution in [0.3, 0.4) is 0 Å². The zero-order valence-electron chi connectivity index (χ0n) is 13.9. The number of rotatable bonds is 8. The van der Waals surface area contributed by atoms with Gasteiger partial charge >= 0.3 is 0 Å². The molecule has 7 heteroatoms. The Labute approximate surface area is 157 Å². The van der Waals surface area contributed by atoms with Gasteiger partial charge in [-0.05, 0) is 36.2 Å². The summed E-state index contributed by atoms with van der Waals surface area (Å²) in [6, 6.07) is 15.8. The largest absolute Gasteiger partial charge is 0.349 e. The Morgan fingerprint density at radius 1 is 1.08 bits per heavy atom. The summed E-state index contributed by atoms with van der Waals surface area (Å²) in [6.07, 6.45) is 0.836. The predicted octanol–water partition coefficient (Wildman–Crippen LogP) is 3.39. The fourth-order valence-corrected chi connectivity index (χ4v) is 3.68. The van der Waals surface area contributed by atoms with Crippen LogP contribution in [0.25, 0.3) is 0 Å². The summed E-state index contributed by atoms with van der Waals surface area (Å²) < 4.78 is 27.6. The maximum atomic E-state index is 12.1. The molecule has 0 aromatic heterocycles. The predicted molar refractivity (Wildman–Crippen MR) is 102 cm³/mol. The summed E-state index contributed by atoms with van der Waals surface area (Å²) in [6.45, 7) is 2.05. The third-order valence-corrected chi connectivity index (χ3v) is 5.72. The van der Waals surface area contributed by atoms with Gasteiger partial charge < -0.3 is 5.32 Å². The molecule has 2 aromatic rings. The van der Waals surface area contributed by atoms with Crippen LogP contribution in [0.1, 0.15) is 31.4 Å². The molecule has 0 saturated heterocycles. The van der Waals surface area contributed by atoms with Gasteiger partial charge in [-0.25, -0.2) is 13.1 Å². The number of halogens is 1. The lowest BCUT2D eigenvalue weighted by Gasteiger charge is -2.17. The van der Waals surface area contributed by atoms with Crippen molar-refractivity contribution in [1.29, 1.82) is 0 Å². The quantitative estimate of drug-likeness (QED) is 0.681. The topological polar surface area (TPSA) is 75.3 Å². The molecule has 1 unspecified atom stereocenters. The number of amides is 1. The molecule has 0 aliphatic heterocycles. The van der Waals surface area contributed by atoms with E-state index in [-0.39, 0.29) is 29.8 Å². The van der Waals surface area contributed by atoms with E-state index in [2.05, 4.69) is 26.0 Å². The Balaban J connectivity index is 1.86. The van der Waals surface area contributed by atoms with Gasteiger partial charge in [0.05, 0.1) is 10.9 Å². The molecule has 25 heavy (non-hydrogen) atoms. The van der Waals surface area contributed by atoms with Crippen molar-refractivity contribution < 1.29 is 13.2 Å². The number of nitrogens with one attached hydrogen (secondary N) is 2. The van der Waals surface area contributed by atoms with Crippen molar-refractivity contribution in [1.82, 2.24) is 10.0 Å². The maximum Gasteiger partial charge on any atom is 0.240 e. The van der Waals surface area contributed by atoms with Gasteiger partial charge in [0.2, 0.25) is 15.9 Å². The zero-order chi connectivity index (χ0) is 18.3. The van der Waals surface area contributed by atoms with Crippen LogP contribution < -0.4 is 10.0 Å². The molecule has 2 N–H and O–H groups in total. The lowest BCUT2D eigenvalue weighted by atomic mass is 10.0. The number of sulfonamides is 1. The van der Waals surface area contributed by atoms with Crippen molar-refractivity contribution in [2.75, 3.05) is 6.54 Å². The average Bonchev–Trinajstić information content (AvgIpc) is 2.61. The molecule has 0 aliphatic rings. The van der Waals surface area contributed by atoms with Gasteiger partial charge in [0.1, 0.15) is 0 Å². The third-order valence-electron chi connectivity index (χ3n) is 3.71. The summed E-state index contributed by atoms with van der Waals surface area (Å²) >= 11 is 3.39. The van der Waals surface area contributed by atoms with E-state index in [4.69, 9.17) is 0 Å².